The van der Waals surface area contributed by atoms with Crippen LogP contribution in [0.1, 0.15) is 5.56 Å². The molecule has 98 valence electrons. The van der Waals surface area contributed by atoms with Crippen LogP contribution in [-0.2, 0) is 10.1 Å². The van der Waals surface area contributed by atoms with Crippen molar-refractivity contribution in [2.75, 3.05) is 7.11 Å². The molecule has 5 nitrogen and oxygen atoms in total. The van der Waals surface area contributed by atoms with E-state index in [4.69, 9.17) is 10.00 Å². The van der Waals surface area contributed by atoms with E-state index in [0.717, 1.165) is 12.1 Å². The molecule has 0 saturated heterocycles. The summed E-state index contributed by atoms with van der Waals surface area (Å²) in [6, 6.07) is 4.62. The fraction of sp³-hybridized carbons (Fsp3) is 0.222. The van der Waals surface area contributed by atoms with Crippen LogP contribution in [0.25, 0.3) is 0 Å². The highest BCUT2D eigenvalue weighted by Gasteiger charge is 2.48. The van der Waals surface area contributed by atoms with Gasteiger partial charge in [-0.1, -0.05) is 0 Å². The summed E-state index contributed by atoms with van der Waals surface area (Å²) in [6.45, 7) is 0. The summed E-state index contributed by atoms with van der Waals surface area (Å²) in [6.07, 6.45) is 0. The Balaban J connectivity index is 3.17. The van der Waals surface area contributed by atoms with Gasteiger partial charge in [-0.2, -0.15) is 26.9 Å². The summed E-state index contributed by atoms with van der Waals surface area (Å²) in [5.41, 5.74) is -5.63. The molecule has 0 spiro atoms. The van der Waals surface area contributed by atoms with Crippen molar-refractivity contribution < 1.29 is 30.5 Å². The summed E-state index contributed by atoms with van der Waals surface area (Å²) in [4.78, 5) is 0. The predicted octanol–water partition coefficient (Wildman–Crippen LogP) is 1.80. The maximum atomic E-state index is 12.1. The lowest BCUT2D eigenvalue weighted by atomic mass is 10.2. The minimum atomic E-state index is -5.77. The van der Waals surface area contributed by atoms with Crippen molar-refractivity contribution in [2.24, 2.45) is 0 Å². The topological polar surface area (TPSA) is 76.4 Å². The molecule has 0 aliphatic carbocycles. The SMILES string of the molecule is COc1cc(C#N)cc(OS(=O)(=O)C(F)(F)F)c1. The molecule has 1 aromatic rings. The van der Waals surface area contributed by atoms with E-state index in [2.05, 4.69) is 4.18 Å². The molecule has 0 aliphatic heterocycles. The van der Waals surface area contributed by atoms with E-state index in [1.807, 2.05) is 0 Å². The monoisotopic (exact) mass is 281 g/mol. The Morgan fingerprint density at radius 2 is 1.78 bits per heavy atom. The standard InChI is InChI=1S/C9H6F3NO4S/c1-16-7-2-6(5-13)3-8(4-7)17-18(14,15)9(10,11)12/h2-4H,1H3. The first-order chi connectivity index (χ1) is 8.19. The van der Waals surface area contributed by atoms with Crippen LogP contribution in [0.15, 0.2) is 18.2 Å². The van der Waals surface area contributed by atoms with E-state index in [0.29, 0.717) is 0 Å². The molecular formula is C9H6F3NO4S. The minimum Gasteiger partial charge on any atom is -0.497 e. The Morgan fingerprint density at radius 3 is 2.22 bits per heavy atom. The van der Waals surface area contributed by atoms with Crippen molar-refractivity contribution in [3.05, 3.63) is 23.8 Å². The third-order valence-corrected chi connectivity index (χ3v) is 2.71. The van der Waals surface area contributed by atoms with Crippen LogP contribution < -0.4 is 8.92 Å². The first-order valence-electron chi connectivity index (χ1n) is 4.29. The van der Waals surface area contributed by atoms with Gasteiger partial charge in [0.05, 0.1) is 18.7 Å². The summed E-state index contributed by atoms with van der Waals surface area (Å²) in [5, 5.41) is 8.61. The summed E-state index contributed by atoms with van der Waals surface area (Å²) in [5.74, 6) is -0.648. The fourth-order valence-electron chi connectivity index (χ4n) is 0.976. The van der Waals surface area contributed by atoms with E-state index in [1.165, 1.54) is 13.2 Å². The number of hydrogen-bond donors (Lipinski definition) is 0. The van der Waals surface area contributed by atoms with Crippen molar-refractivity contribution in [2.45, 2.75) is 5.51 Å². The van der Waals surface area contributed by atoms with Gasteiger partial charge in [0.15, 0.2) is 0 Å². The van der Waals surface area contributed by atoms with E-state index < -0.39 is 21.4 Å². The zero-order valence-electron chi connectivity index (χ0n) is 8.85. The van der Waals surface area contributed by atoms with Gasteiger partial charge < -0.3 is 8.92 Å². The Bertz CT molecular complexity index is 589. The molecule has 0 amide bonds. The molecule has 0 N–H and O–H groups in total. The van der Waals surface area contributed by atoms with Gasteiger partial charge >= 0.3 is 15.6 Å². The zero-order valence-corrected chi connectivity index (χ0v) is 9.67. The molecule has 0 bridgehead atoms. The summed E-state index contributed by atoms with van der Waals surface area (Å²) >= 11 is 0. The molecule has 0 aliphatic rings. The third-order valence-electron chi connectivity index (χ3n) is 1.73. The zero-order chi connectivity index (χ0) is 14.0. The number of ether oxygens (including phenoxy) is 1. The maximum Gasteiger partial charge on any atom is 0.534 e. The highest BCUT2D eigenvalue weighted by atomic mass is 32.2. The first-order valence-corrected chi connectivity index (χ1v) is 5.70. The van der Waals surface area contributed by atoms with Gasteiger partial charge in [-0.05, 0) is 12.1 Å². The molecule has 0 atom stereocenters. The quantitative estimate of drug-likeness (QED) is 0.623. The second-order valence-corrected chi connectivity index (χ2v) is 4.53. The van der Waals surface area contributed by atoms with Gasteiger partial charge in [0.25, 0.3) is 0 Å². The smallest absolute Gasteiger partial charge is 0.497 e. The number of nitrogens with zero attached hydrogens (tertiary/aromatic N) is 1. The highest BCUT2D eigenvalue weighted by molar-refractivity contribution is 7.88. The number of methoxy groups -OCH3 is 1. The van der Waals surface area contributed by atoms with Crippen molar-refractivity contribution in [3.8, 4) is 17.6 Å². The van der Waals surface area contributed by atoms with Gasteiger partial charge in [-0.3, -0.25) is 0 Å². The van der Waals surface area contributed by atoms with Crippen LogP contribution >= 0.6 is 0 Å². The summed E-state index contributed by atoms with van der Waals surface area (Å²) < 4.78 is 66.3. The maximum absolute atomic E-state index is 12.1. The second-order valence-electron chi connectivity index (χ2n) is 2.99. The minimum absolute atomic E-state index is 0.00132. The molecule has 0 radical (unpaired) electrons. The molecule has 0 heterocycles. The Morgan fingerprint density at radius 1 is 1.22 bits per heavy atom. The van der Waals surface area contributed by atoms with E-state index in [9.17, 15) is 21.6 Å². The molecule has 0 saturated carbocycles. The molecule has 1 aromatic carbocycles. The Labute approximate surface area is 100 Å². The first kappa shape index (κ1) is 14.1. The fourth-order valence-corrected chi connectivity index (χ4v) is 1.42. The molecule has 0 aromatic heterocycles. The van der Waals surface area contributed by atoms with Crippen molar-refractivity contribution in [1.82, 2.24) is 0 Å². The van der Waals surface area contributed by atoms with E-state index in [-0.39, 0.29) is 11.3 Å². The lowest BCUT2D eigenvalue weighted by molar-refractivity contribution is -0.0500. The van der Waals surface area contributed by atoms with Gasteiger partial charge in [0.1, 0.15) is 11.5 Å². The van der Waals surface area contributed by atoms with Gasteiger partial charge in [0, 0.05) is 6.07 Å². The largest absolute Gasteiger partial charge is 0.534 e. The van der Waals surface area contributed by atoms with Crippen molar-refractivity contribution in [3.63, 3.8) is 0 Å². The number of hydrogen-bond acceptors (Lipinski definition) is 5. The van der Waals surface area contributed by atoms with Crippen LogP contribution in [0.3, 0.4) is 0 Å². The van der Waals surface area contributed by atoms with Gasteiger partial charge in [0.2, 0.25) is 0 Å². The summed E-state index contributed by atoms with van der Waals surface area (Å²) in [7, 11) is -4.56. The molecule has 18 heavy (non-hydrogen) atoms. The lowest BCUT2D eigenvalue weighted by Crippen LogP contribution is -2.28. The van der Waals surface area contributed by atoms with Crippen LogP contribution in [0.5, 0.6) is 11.5 Å². The highest BCUT2D eigenvalue weighted by Crippen LogP contribution is 2.29. The average Bonchev–Trinajstić information content (AvgIpc) is 2.26. The number of halogens is 3. The average molecular weight is 281 g/mol. The van der Waals surface area contributed by atoms with Gasteiger partial charge in [-0.15, -0.1) is 0 Å². The Hall–Kier alpha value is -1.95. The number of rotatable bonds is 3. The predicted molar refractivity (Wildman–Crippen MR) is 53.3 cm³/mol. The molecule has 1 rings (SSSR count). The normalized spacial score (nSPS) is 11.7. The van der Waals surface area contributed by atoms with Crippen LogP contribution in [0.2, 0.25) is 0 Å². The lowest BCUT2D eigenvalue weighted by Gasteiger charge is -2.10. The van der Waals surface area contributed by atoms with Crippen LogP contribution in [-0.4, -0.2) is 21.0 Å². The molecule has 9 heteroatoms. The molecular weight excluding hydrogens is 275 g/mol. The Kier molecular flexibility index (Phi) is 3.71. The second kappa shape index (κ2) is 4.73. The van der Waals surface area contributed by atoms with Crippen molar-refractivity contribution in [1.29, 1.82) is 5.26 Å². The van der Waals surface area contributed by atoms with E-state index >= 15 is 0 Å². The van der Waals surface area contributed by atoms with Crippen LogP contribution in [0.4, 0.5) is 13.2 Å². The number of alkyl halides is 3. The molecule has 0 fully saturated rings. The third kappa shape index (κ3) is 3.04. The van der Waals surface area contributed by atoms with Crippen molar-refractivity contribution >= 4 is 10.1 Å². The molecule has 0 unspecified atom stereocenters. The number of nitriles is 1. The number of benzene rings is 1. The van der Waals surface area contributed by atoms with E-state index in [1.54, 1.807) is 6.07 Å². The van der Waals surface area contributed by atoms with Crippen LogP contribution in [0, 0.1) is 11.3 Å². The van der Waals surface area contributed by atoms with Gasteiger partial charge in [-0.25, -0.2) is 0 Å².